The first-order valence-corrected chi connectivity index (χ1v) is 8.04. The first-order chi connectivity index (χ1) is 11.5. The lowest BCUT2D eigenvalue weighted by Crippen LogP contribution is -2.08. The van der Waals surface area contributed by atoms with Gasteiger partial charge in [0, 0.05) is 0 Å². The van der Waals surface area contributed by atoms with Gasteiger partial charge in [-0.1, -0.05) is 29.4 Å². The van der Waals surface area contributed by atoms with Gasteiger partial charge >= 0.3 is 5.63 Å². The van der Waals surface area contributed by atoms with Crippen LogP contribution in [0.25, 0.3) is 11.0 Å². The van der Waals surface area contributed by atoms with Crippen LogP contribution in [0, 0.1) is 0 Å². The highest BCUT2D eigenvalue weighted by atomic mass is 16.5. The molecule has 1 heterocycles. The molecule has 24 heavy (non-hydrogen) atoms. The molecule has 0 spiro atoms. The summed E-state index contributed by atoms with van der Waals surface area (Å²) in [5.41, 5.74) is 2.53. The van der Waals surface area contributed by atoms with Gasteiger partial charge in [0.2, 0.25) is 5.75 Å². The second kappa shape index (κ2) is 8.39. The summed E-state index contributed by atoms with van der Waals surface area (Å²) in [5.74, 6) is 0.530. The van der Waals surface area contributed by atoms with Crippen LogP contribution in [0.15, 0.2) is 56.8 Å². The van der Waals surface area contributed by atoms with Gasteiger partial charge in [-0.25, -0.2) is 4.79 Å². The zero-order valence-corrected chi connectivity index (χ0v) is 14.7. The summed E-state index contributed by atoms with van der Waals surface area (Å²) in [4.78, 5) is 12.0. The van der Waals surface area contributed by atoms with Gasteiger partial charge < -0.3 is 13.9 Å². The van der Waals surface area contributed by atoms with Crippen LogP contribution in [-0.4, -0.2) is 13.7 Å². The number of ether oxygens (including phenoxy) is 2. The number of methoxy groups -OCH3 is 1. The van der Waals surface area contributed by atoms with Crippen LogP contribution < -0.4 is 15.1 Å². The Bertz CT molecular complexity index is 808. The van der Waals surface area contributed by atoms with E-state index in [0.717, 1.165) is 18.2 Å². The first kappa shape index (κ1) is 17.9. The Morgan fingerprint density at radius 3 is 2.58 bits per heavy atom. The third-order valence-corrected chi connectivity index (χ3v) is 3.68. The molecule has 0 unspecified atom stereocenters. The summed E-state index contributed by atoms with van der Waals surface area (Å²) in [6.07, 6.45) is 6.26. The summed E-state index contributed by atoms with van der Waals surface area (Å²) >= 11 is 0. The fourth-order valence-electron chi connectivity index (χ4n) is 2.38. The summed E-state index contributed by atoms with van der Waals surface area (Å²) in [6, 6.07) is 7.27. The van der Waals surface area contributed by atoms with Crippen molar-refractivity contribution < 1.29 is 13.9 Å². The van der Waals surface area contributed by atoms with E-state index in [9.17, 15) is 4.79 Å². The highest BCUT2D eigenvalue weighted by molar-refractivity contribution is 5.85. The van der Waals surface area contributed by atoms with E-state index in [4.69, 9.17) is 13.9 Å². The third-order valence-electron chi connectivity index (χ3n) is 3.68. The predicted molar refractivity (Wildman–Crippen MR) is 97.0 cm³/mol. The number of benzene rings is 1. The van der Waals surface area contributed by atoms with E-state index in [0.29, 0.717) is 17.9 Å². The molecule has 2 rings (SSSR count). The van der Waals surface area contributed by atoms with Crippen LogP contribution in [-0.2, 0) is 0 Å². The Morgan fingerprint density at radius 1 is 1.12 bits per heavy atom. The van der Waals surface area contributed by atoms with Crippen molar-refractivity contribution in [2.75, 3.05) is 13.7 Å². The summed E-state index contributed by atoms with van der Waals surface area (Å²) in [6.45, 7) is 6.66. The smallest absolute Gasteiger partial charge is 0.383 e. The molecule has 0 aliphatic rings. The first-order valence-electron chi connectivity index (χ1n) is 8.04. The van der Waals surface area contributed by atoms with Gasteiger partial charge in [0.1, 0.15) is 12.2 Å². The highest BCUT2D eigenvalue weighted by Gasteiger charge is 2.16. The Balaban J connectivity index is 2.17. The number of hydrogen-bond acceptors (Lipinski definition) is 4. The molecule has 0 saturated heterocycles. The van der Waals surface area contributed by atoms with Gasteiger partial charge in [-0.15, -0.1) is 0 Å². The number of rotatable bonds is 7. The zero-order chi connectivity index (χ0) is 17.5. The molecule has 2 aromatic rings. The Morgan fingerprint density at radius 2 is 1.88 bits per heavy atom. The molecule has 0 bridgehead atoms. The normalized spacial score (nSPS) is 11.4. The largest absolute Gasteiger partial charge is 0.487 e. The fraction of sp³-hybridized carbons (Fsp3) is 0.350. The Kier molecular flexibility index (Phi) is 6.24. The molecule has 128 valence electrons. The Hall–Kier alpha value is -2.49. The zero-order valence-electron chi connectivity index (χ0n) is 14.7. The minimum Gasteiger partial charge on any atom is -0.487 e. The molecule has 0 amide bonds. The van der Waals surface area contributed by atoms with Gasteiger partial charge in [0.05, 0.1) is 12.5 Å². The summed E-state index contributed by atoms with van der Waals surface area (Å²) in [5, 5.41) is 0.726. The Labute approximate surface area is 142 Å². The average Bonchev–Trinajstić information content (AvgIpc) is 2.54. The minimum absolute atomic E-state index is 0.101. The molecule has 0 radical (unpaired) electrons. The fourth-order valence-corrected chi connectivity index (χ4v) is 2.38. The van der Waals surface area contributed by atoms with Crippen LogP contribution >= 0.6 is 0 Å². The average molecular weight is 328 g/mol. The van der Waals surface area contributed by atoms with Gasteiger partial charge in [-0.3, -0.25) is 0 Å². The molecule has 0 aliphatic heterocycles. The van der Waals surface area contributed by atoms with E-state index in [2.05, 4.69) is 26.8 Å². The van der Waals surface area contributed by atoms with Crippen molar-refractivity contribution in [1.29, 1.82) is 0 Å². The molecule has 4 heteroatoms. The monoisotopic (exact) mass is 328 g/mol. The topological polar surface area (TPSA) is 48.7 Å². The predicted octanol–water partition coefficient (Wildman–Crippen LogP) is 4.87. The highest BCUT2D eigenvalue weighted by Crippen LogP contribution is 2.32. The van der Waals surface area contributed by atoms with Crippen LogP contribution in [0.3, 0.4) is 0 Å². The van der Waals surface area contributed by atoms with Crippen molar-refractivity contribution in [2.45, 2.75) is 33.6 Å². The lowest BCUT2D eigenvalue weighted by atomic mass is 10.1. The lowest BCUT2D eigenvalue weighted by molar-refractivity contribution is 0.315. The maximum Gasteiger partial charge on any atom is 0.383 e. The molecule has 0 aliphatic carbocycles. The molecule has 4 nitrogen and oxygen atoms in total. The standard InChI is InChI=1S/C20H24O4/c1-14(2)8-7-9-15(3)12-13-23-18-16-10-5-6-11-17(16)24-20(21)19(18)22-4/h5-6,8,10-12H,7,9,13H2,1-4H3/b15-12+. The van der Waals surface area contributed by atoms with E-state index < -0.39 is 5.63 Å². The molecule has 1 aromatic carbocycles. The van der Waals surface area contributed by atoms with E-state index in [1.54, 1.807) is 6.07 Å². The lowest BCUT2D eigenvalue weighted by Gasteiger charge is -2.11. The van der Waals surface area contributed by atoms with Crippen molar-refractivity contribution >= 4 is 11.0 Å². The summed E-state index contributed by atoms with van der Waals surface area (Å²) in [7, 11) is 1.44. The number of para-hydroxylation sites is 1. The molecular weight excluding hydrogens is 304 g/mol. The van der Waals surface area contributed by atoms with E-state index >= 15 is 0 Å². The van der Waals surface area contributed by atoms with Crippen molar-refractivity contribution in [2.24, 2.45) is 0 Å². The SMILES string of the molecule is COc1c(OC/C=C(\C)CCC=C(C)C)c2ccccc2oc1=O. The number of hydrogen-bond donors (Lipinski definition) is 0. The van der Waals surface area contributed by atoms with Gasteiger partial charge in [-0.05, 0) is 51.8 Å². The number of allylic oxidation sites excluding steroid dienone is 3. The van der Waals surface area contributed by atoms with Crippen molar-refractivity contribution in [3.63, 3.8) is 0 Å². The van der Waals surface area contributed by atoms with Crippen LogP contribution in [0.4, 0.5) is 0 Å². The second-order valence-electron chi connectivity index (χ2n) is 5.93. The van der Waals surface area contributed by atoms with Gasteiger partial charge in [-0.2, -0.15) is 0 Å². The van der Waals surface area contributed by atoms with E-state index in [1.807, 2.05) is 24.3 Å². The van der Waals surface area contributed by atoms with Gasteiger partial charge in [0.15, 0.2) is 5.75 Å². The van der Waals surface area contributed by atoms with Crippen molar-refractivity contribution in [1.82, 2.24) is 0 Å². The van der Waals surface area contributed by atoms with Crippen LogP contribution in [0.5, 0.6) is 11.5 Å². The van der Waals surface area contributed by atoms with Crippen molar-refractivity contribution in [3.8, 4) is 11.5 Å². The second-order valence-corrected chi connectivity index (χ2v) is 5.93. The summed E-state index contributed by atoms with van der Waals surface area (Å²) < 4.78 is 16.3. The molecular formula is C20H24O4. The van der Waals surface area contributed by atoms with Crippen LogP contribution in [0.1, 0.15) is 33.6 Å². The number of fused-ring (bicyclic) bond motifs is 1. The third kappa shape index (κ3) is 4.51. The molecule has 0 N–H and O–H groups in total. The van der Waals surface area contributed by atoms with E-state index in [1.165, 1.54) is 18.3 Å². The van der Waals surface area contributed by atoms with Crippen LogP contribution in [0.2, 0.25) is 0 Å². The molecule has 0 fully saturated rings. The van der Waals surface area contributed by atoms with Gasteiger partial charge in [0.25, 0.3) is 0 Å². The van der Waals surface area contributed by atoms with Crippen molar-refractivity contribution in [3.05, 3.63) is 58.0 Å². The maximum atomic E-state index is 12.0. The molecule has 0 atom stereocenters. The van der Waals surface area contributed by atoms with E-state index in [-0.39, 0.29) is 5.75 Å². The maximum absolute atomic E-state index is 12.0. The minimum atomic E-state index is -0.532. The molecule has 1 aromatic heterocycles. The quantitative estimate of drug-likeness (QED) is 0.537. The molecule has 0 saturated carbocycles.